The van der Waals surface area contributed by atoms with E-state index in [4.69, 9.17) is 4.74 Å². The van der Waals surface area contributed by atoms with Crippen LogP contribution in [0.15, 0.2) is 18.2 Å². The van der Waals surface area contributed by atoms with Crippen LogP contribution >= 0.6 is 31.9 Å². The topological polar surface area (TPSA) is 9.23 Å². The van der Waals surface area contributed by atoms with E-state index < -0.39 is 0 Å². The van der Waals surface area contributed by atoms with E-state index in [0.717, 1.165) is 23.0 Å². The van der Waals surface area contributed by atoms with Crippen molar-refractivity contribution in [3.05, 3.63) is 29.3 Å². The fourth-order valence-corrected chi connectivity index (χ4v) is 4.45. The van der Waals surface area contributed by atoms with E-state index in [9.17, 15) is 0 Å². The van der Waals surface area contributed by atoms with Crippen molar-refractivity contribution in [3.8, 4) is 5.75 Å². The molecule has 0 unspecified atom stereocenters. The number of benzene rings is 1. The van der Waals surface area contributed by atoms with Crippen molar-refractivity contribution in [2.45, 2.75) is 120 Å². The number of alkyl halides is 2. The highest BCUT2D eigenvalue weighted by molar-refractivity contribution is 9.08. The van der Waals surface area contributed by atoms with Gasteiger partial charge in [-0.05, 0) is 29.7 Å². The summed E-state index contributed by atoms with van der Waals surface area (Å²) in [5.74, 6) is 1.01. The van der Waals surface area contributed by atoms with E-state index in [-0.39, 0.29) is 0 Å². The summed E-state index contributed by atoms with van der Waals surface area (Å²) in [6, 6.07) is 6.51. The van der Waals surface area contributed by atoms with E-state index in [1.807, 2.05) is 0 Å². The average molecular weight is 532 g/mol. The first-order chi connectivity index (χ1) is 14.3. The molecule has 0 saturated carbocycles. The van der Waals surface area contributed by atoms with E-state index in [1.165, 1.54) is 114 Å². The lowest BCUT2D eigenvalue weighted by Gasteiger charge is -2.09. The number of rotatable bonds is 20. The zero-order valence-electron chi connectivity index (χ0n) is 18.8. The van der Waals surface area contributed by atoms with Crippen molar-refractivity contribution in [2.24, 2.45) is 0 Å². The number of hydrogen-bond acceptors (Lipinski definition) is 1. The standard InChI is InChI=1S/C26H44Br2O/c1-2-3-4-5-6-7-8-9-10-11-12-13-14-15-16-17-18-29-26-20-24(22-27)19-25(21-26)23-28/h19-21H,2-18,22-23H2,1H3. The molecule has 0 spiro atoms. The smallest absolute Gasteiger partial charge is 0.119 e. The molecule has 168 valence electrons. The molecule has 0 aliphatic rings. The van der Waals surface area contributed by atoms with Gasteiger partial charge in [-0.25, -0.2) is 0 Å². The summed E-state index contributed by atoms with van der Waals surface area (Å²) in [5, 5.41) is 1.76. The highest BCUT2D eigenvalue weighted by Gasteiger charge is 2.01. The summed E-state index contributed by atoms with van der Waals surface area (Å²) in [6.45, 7) is 3.13. The summed E-state index contributed by atoms with van der Waals surface area (Å²) in [5.41, 5.74) is 2.56. The van der Waals surface area contributed by atoms with Gasteiger partial charge >= 0.3 is 0 Å². The monoisotopic (exact) mass is 530 g/mol. The number of unbranched alkanes of at least 4 members (excludes halogenated alkanes) is 15. The fraction of sp³-hybridized carbons (Fsp3) is 0.769. The molecule has 0 atom stereocenters. The Morgan fingerprint density at radius 3 is 1.31 bits per heavy atom. The lowest BCUT2D eigenvalue weighted by Crippen LogP contribution is -1.98. The van der Waals surface area contributed by atoms with Gasteiger partial charge in [0.25, 0.3) is 0 Å². The Kier molecular flexibility index (Phi) is 18.6. The van der Waals surface area contributed by atoms with Crippen LogP contribution < -0.4 is 4.74 Å². The largest absolute Gasteiger partial charge is 0.494 e. The van der Waals surface area contributed by atoms with Crippen molar-refractivity contribution in [2.75, 3.05) is 6.61 Å². The van der Waals surface area contributed by atoms with Gasteiger partial charge in [-0.2, -0.15) is 0 Å². The molecule has 0 amide bonds. The molecule has 3 heteroatoms. The predicted octanol–water partition coefficient (Wildman–Crippen LogP) is 10.1. The van der Waals surface area contributed by atoms with Crippen molar-refractivity contribution < 1.29 is 4.74 Å². The average Bonchev–Trinajstić information content (AvgIpc) is 2.75. The second-order valence-corrected chi connectivity index (χ2v) is 9.53. The molecule has 0 aromatic heterocycles. The highest BCUT2D eigenvalue weighted by Crippen LogP contribution is 2.21. The van der Waals surface area contributed by atoms with Gasteiger partial charge in [0.1, 0.15) is 5.75 Å². The molecule has 1 aromatic carbocycles. The minimum Gasteiger partial charge on any atom is -0.494 e. The Morgan fingerprint density at radius 1 is 0.552 bits per heavy atom. The first-order valence-corrected chi connectivity index (χ1v) is 14.4. The third-order valence-electron chi connectivity index (χ3n) is 5.60. The van der Waals surface area contributed by atoms with E-state index in [0.29, 0.717) is 0 Å². The first-order valence-electron chi connectivity index (χ1n) is 12.2. The molecule has 1 nitrogen and oxygen atoms in total. The Labute approximate surface area is 198 Å². The second-order valence-electron chi connectivity index (χ2n) is 8.40. The van der Waals surface area contributed by atoms with Crippen molar-refractivity contribution >= 4 is 31.9 Å². The van der Waals surface area contributed by atoms with Crippen LogP contribution in [0.1, 0.15) is 121 Å². The Morgan fingerprint density at radius 2 is 0.931 bits per heavy atom. The van der Waals surface area contributed by atoms with Crippen LogP contribution in [0, 0.1) is 0 Å². The molecule has 0 bridgehead atoms. The zero-order valence-corrected chi connectivity index (χ0v) is 22.0. The predicted molar refractivity (Wildman–Crippen MR) is 137 cm³/mol. The molecule has 0 saturated heterocycles. The van der Waals surface area contributed by atoms with Gasteiger partial charge in [-0.15, -0.1) is 0 Å². The summed E-state index contributed by atoms with van der Waals surface area (Å²) < 4.78 is 5.97. The van der Waals surface area contributed by atoms with Crippen LogP contribution in [0.3, 0.4) is 0 Å². The van der Waals surface area contributed by atoms with Gasteiger partial charge in [0.15, 0.2) is 0 Å². The molecule has 0 N–H and O–H groups in total. The SMILES string of the molecule is CCCCCCCCCCCCCCCCCCOc1cc(CBr)cc(CBr)c1. The second kappa shape index (κ2) is 19.9. The maximum Gasteiger partial charge on any atom is 0.119 e. The normalized spacial score (nSPS) is 11.1. The summed E-state index contributed by atoms with van der Waals surface area (Å²) >= 11 is 7.08. The highest BCUT2D eigenvalue weighted by atomic mass is 79.9. The van der Waals surface area contributed by atoms with Crippen molar-refractivity contribution in [1.29, 1.82) is 0 Å². The van der Waals surface area contributed by atoms with Gasteiger partial charge in [0.2, 0.25) is 0 Å². The Bertz CT molecular complexity index is 467. The first kappa shape index (κ1) is 27.0. The number of ether oxygens (including phenoxy) is 1. The number of halogens is 2. The van der Waals surface area contributed by atoms with Crippen molar-refractivity contribution in [3.63, 3.8) is 0 Å². The van der Waals surface area contributed by atoms with E-state index in [1.54, 1.807) is 0 Å². The molecule has 0 aliphatic carbocycles. The fourth-order valence-electron chi connectivity index (χ4n) is 3.81. The van der Waals surface area contributed by atoms with E-state index >= 15 is 0 Å². The Balaban J connectivity index is 1.86. The molecule has 0 heterocycles. The summed E-state index contributed by atoms with van der Waals surface area (Å²) in [6.07, 6.45) is 22.5. The summed E-state index contributed by atoms with van der Waals surface area (Å²) in [7, 11) is 0. The third kappa shape index (κ3) is 15.4. The molecule has 1 rings (SSSR count). The molecule has 29 heavy (non-hydrogen) atoms. The lowest BCUT2D eigenvalue weighted by atomic mass is 10.0. The molecular formula is C26H44Br2O. The maximum atomic E-state index is 5.97. The minimum atomic E-state index is 0.839. The van der Waals surface area contributed by atoms with Gasteiger partial charge in [-0.1, -0.05) is 141 Å². The molecule has 0 aliphatic heterocycles. The lowest BCUT2D eigenvalue weighted by molar-refractivity contribution is 0.304. The minimum absolute atomic E-state index is 0.839. The number of hydrogen-bond donors (Lipinski definition) is 0. The van der Waals surface area contributed by atoms with Gasteiger partial charge in [0, 0.05) is 10.7 Å². The van der Waals surface area contributed by atoms with Crippen LogP contribution in [-0.4, -0.2) is 6.61 Å². The Hall–Kier alpha value is -0.0200. The quantitative estimate of drug-likeness (QED) is 0.120. The molecule has 0 radical (unpaired) electrons. The van der Waals surface area contributed by atoms with Gasteiger partial charge < -0.3 is 4.74 Å². The van der Waals surface area contributed by atoms with Crippen LogP contribution in [-0.2, 0) is 10.7 Å². The van der Waals surface area contributed by atoms with Crippen LogP contribution in [0.2, 0.25) is 0 Å². The molecular weight excluding hydrogens is 488 g/mol. The summed E-state index contributed by atoms with van der Waals surface area (Å²) in [4.78, 5) is 0. The van der Waals surface area contributed by atoms with Crippen LogP contribution in [0.5, 0.6) is 5.75 Å². The van der Waals surface area contributed by atoms with Crippen LogP contribution in [0.4, 0.5) is 0 Å². The van der Waals surface area contributed by atoms with E-state index in [2.05, 4.69) is 57.0 Å². The van der Waals surface area contributed by atoms with Gasteiger partial charge in [-0.3, -0.25) is 0 Å². The molecule has 0 fully saturated rings. The maximum absolute atomic E-state index is 5.97. The van der Waals surface area contributed by atoms with Gasteiger partial charge in [0.05, 0.1) is 6.61 Å². The van der Waals surface area contributed by atoms with Crippen LogP contribution in [0.25, 0.3) is 0 Å². The van der Waals surface area contributed by atoms with Crippen molar-refractivity contribution in [1.82, 2.24) is 0 Å². The molecule has 1 aromatic rings. The third-order valence-corrected chi connectivity index (χ3v) is 6.90. The zero-order chi connectivity index (χ0) is 21.0.